The Morgan fingerprint density at radius 1 is 1.12 bits per heavy atom. The summed E-state index contributed by atoms with van der Waals surface area (Å²) in [5.74, 6) is 0.871. The van der Waals surface area contributed by atoms with E-state index in [1.54, 1.807) is 7.11 Å². The summed E-state index contributed by atoms with van der Waals surface area (Å²) < 4.78 is 5.21. The van der Waals surface area contributed by atoms with Crippen molar-refractivity contribution in [1.29, 1.82) is 0 Å². The van der Waals surface area contributed by atoms with E-state index in [1.807, 2.05) is 30.3 Å². The Hall–Kier alpha value is -2.53. The second-order valence-electron chi connectivity index (χ2n) is 6.93. The summed E-state index contributed by atoms with van der Waals surface area (Å²) in [4.78, 5) is 13.5. The van der Waals surface area contributed by atoms with E-state index in [1.165, 1.54) is 11.1 Å². The molecule has 1 heterocycles. The zero-order valence-electron chi connectivity index (χ0n) is 15.1. The molecule has 2 N–H and O–H groups in total. The minimum Gasteiger partial charge on any atom is -0.497 e. The molecule has 0 atom stereocenters. The first kappa shape index (κ1) is 18.3. The zero-order chi connectivity index (χ0) is 18.4. The number of nitrogens with one attached hydrogen (secondary N) is 1. The van der Waals surface area contributed by atoms with Gasteiger partial charge in [-0.2, -0.15) is 0 Å². The predicted molar refractivity (Wildman–Crippen MR) is 102 cm³/mol. The van der Waals surface area contributed by atoms with Gasteiger partial charge in [0.2, 0.25) is 0 Å². The summed E-state index contributed by atoms with van der Waals surface area (Å²) >= 11 is 0. The summed E-state index contributed by atoms with van der Waals surface area (Å²) in [6, 6.07) is 18.5. The van der Waals surface area contributed by atoms with Gasteiger partial charge in [0.05, 0.1) is 7.11 Å². The lowest BCUT2D eigenvalue weighted by Gasteiger charge is -2.42. The predicted octanol–water partition coefficient (Wildman–Crippen LogP) is 3.50. The number of rotatable bonds is 6. The van der Waals surface area contributed by atoms with Crippen molar-refractivity contribution < 1.29 is 14.6 Å². The standard InChI is InChI=1S/C21H26N2O3/c1-26-19-9-7-17(8-10-19)15-23-13-11-21(12-14-23,16-22-20(24)25)18-5-3-2-4-6-18/h2-10,22H,11-16H2,1H3,(H,24,25). The molecule has 2 aromatic carbocycles. The molecule has 2 aromatic rings. The molecule has 1 aliphatic rings. The minimum atomic E-state index is -0.957. The van der Waals surface area contributed by atoms with Gasteiger partial charge in [-0.25, -0.2) is 4.79 Å². The maximum absolute atomic E-state index is 11.0. The first-order valence-corrected chi connectivity index (χ1v) is 8.99. The van der Waals surface area contributed by atoms with Gasteiger partial charge in [0.15, 0.2) is 0 Å². The van der Waals surface area contributed by atoms with E-state index in [4.69, 9.17) is 9.84 Å². The molecular weight excluding hydrogens is 328 g/mol. The Kier molecular flexibility index (Phi) is 5.78. The van der Waals surface area contributed by atoms with Crippen molar-refractivity contribution in [2.75, 3.05) is 26.7 Å². The van der Waals surface area contributed by atoms with Crippen LogP contribution in [0.5, 0.6) is 5.75 Å². The van der Waals surface area contributed by atoms with E-state index in [2.05, 4.69) is 34.5 Å². The third-order valence-corrected chi connectivity index (χ3v) is 5.34. The van der Waals surface area contributed by atoms with E-state index < -0.39 is 6.09 Å². The molecule has 138 valence electrons. The van der Waals surface area contributed by atoms with Gasteiger partial charge >= 0.3 is 6.09 Å². The van der Waals surface area contributed by atoms with E-state index in [0.29, 0.717) is 6.54 Å². The highest BCUT2D eigenvalue weighted by atomic mass is 16.5. The molecule has 26 heavy (non-hydrogen) atoms. The SMILES string of the molecule is COc1ccc(CN2CCC(CNC(=O)O)(c3ccccc3)CC2)cc1. The number of ether oxygens (including phenoxy) is 1. The second kappa shape index (κ2) is 8.23. The lowest BCUT2D eigenvalue weighted by atomic mass is 9.72. The van der Waals surface area contributed by atoms with Crippen LogP contribution in [0.15, 0.2) is 54.6 Å². The third kappa shape index (κ3) is 4.35. The van der Waals surface area contributed by atoms with Gasteiger partial charge in [0, 0.05) is 18.5 Å². The molecule has 5 heteroatoms. The summed E-state index contributed by atoms with van der Waals surface area (Å²) in [7, 11) is 1.67. The van der Waals surface area contributed by atoms with Crippen LogP contribution >= 0.6 is 0 Å². The molecule has 0 radical (unpaired) electrons. The van der Waals surface area contributed by atoms with Gasteiger partial charge < -0.3 is 15.2 Å². The van der Waals surface area contributed by atoms with Gasteiger partial charge in [0.1, 0.15) is 5.75 Å². The molecule has 1 saturated heterocycles. The fourth-order valence-corrected chi connectivity index (χ4v) is 3.73. The van der Waals surface area contributed by atoms with E-state index in [9.17, 15) is 4.79 Å². The number of amides is 1. The van der Waals surface area contributed by atoms with E-state index in [-0.39, 0.29) is 5.41 Å². The molecule has 0 unspecified atom stereocenters. The monoisotopic (exact) mass is 354 g/mol. The Labute approximate surface area is 154 Å². The molecule has 3 rings (SSSR count). The molecular formula is C21H26N2O3. The highest BCUT2D eigenvalue weighted by Crippen LogP contribution is 2.35. The fraction of sp³-hybridized carbons (Fsp3) is 0.381. The molecule has 5 nitrogen and oxygen atoms in total. The van der Waals surface area contributed by atoms with Crippen molar-refractivity contribution in [2.24, 2.45) is 0 Å². The zero-order valence-corrected chi connectivity index (χ0v) is 15.1. The molecule has 1 aliphatic heterocycles. The summed E-state index contributed by atoms with van der Waals surface area (Å²) in [6.07, 6.45) is 0.918. The fourth-order valence-electron chi connectivity index (χ4n) is 3.73. The van der Waals surface area contributed by atoms with Crippen molar-refractivity contribution in [1.82, 2.24) is 10.2 Å². The third-order valence-electron chi connectivity index (χ3n) is 5.34. The van der Waals surface area contributed by atoms with Gasteiger partial charge in [-0.15, -0.1) is 0 Å². The summed E-state index contributed by atoms with van der Waals surface area (Å²) in [6.45, 7) is 3.26. The maximum atomic E-state index is 11.0. The molecule has 1 amide bonds. The Morgan fingerprint density at radius 2 is 1.77 bits per heavy atom. The highest BCUT2D eigenvalue weighted by molar-refractivity contribution is 5.64. The Bertz CT molecular complexity index is 708. The molecule has 1 fully saturated rings. The van der Waals surface area contributed by atoms with Crippen molar-refractivity contribution in [3.8, 4) is 5.75 Å². The van der Waals surface area contributed by atoms with Crippen LogP contribution < -0.4 is 10.1 Å². The van der Waals surface area contributed by atoms with Crippen molar-refractivity contribution in [2.45, 2.75) is 24.8 Å². The number of carbonyl (C=O) groups is 1. The Balaban J connectivity index is 1.66. The Morgan fingerprint density at radius 3 is 2.35 bits per heavy atom. The lowest BCUT2D eigenvalue weighted by Crippen LogP contribution is -2.48. The number of hydrogen-bond acceptors (Lipinski definition) is 3. The van der Waals surface area contributed by atoms with Crippen LogP contribution in [0.1, 0.15) is 24.0 Å². The minimum absolute atomic E-state index is 0.129. The summed E-state index contributed by atoms with van der Waals surface area (Å²) in [5.41, 5.74) is 2.36. The molecule has 0 aromatic heterocycles. The van der Waals surface area contributed by atoms with Crippen LogP contribution in [-0.4, -0.2) is 42.8 Å². The van der Waals surface area contributed by atoms with E-state index >= 15 is 0 Å². The maximum Gasteiger partial charge on any atom is 0.404 e. The van der Waals surface area contributed by atoms with Crippen molar-refractivity contribution in [3.63, 3.8) is 0 Å². The number of likely N-dealkylation sites (tertiary alicyclic amines) is 1. The molecule has 0 spiro atoms. The summed E-state index contributed by atoms with van der Waals surface area (Å²) in [5, 5.41) is 11.7. The molecule has 0 saturated carbocycles. The van der Waals surface area contributed by atoms with Gasteiger partial charge in [-0.1, -0.05) is 42.5 Å². The number of piperidine rings is 1. The van der Waals surface area contributed by atoms with Crippen molar-refractivity contribution >= 4 is 6.09 Å². The smallest absolute Gasteiger partial charge is 0.404 e. The van der Waals surface area contributed by atoms with Crippen LogP contribution in [0.2, 0.25) is 0 Å². The average molecular weight is 354 g/mol. The number of carboxylic acid groups (broad SMARTS) is 1. The van der Waals surface area contributed by atoms with Gasteiger partial charge in [0.25, 0.3) is 0 Å². The first-order chi connectivity index (χ1) is 12.6. The number of nitrogens with zero attached hydrogens (tertiary/aromatic N) is 1. The van der Waals surface area contributed by atoms with Crippen LogP contribution in [0.4, 0.5) is 4.79 Å². The number of benzene rings is 2. The van der Waals surface area contributed by atoms with E-state index in [0.717, 1.165) is 38.2 Å². The van der Waals surface area contributed by atoms with Gasteiger partial charge in [-0.3, -0.25) is 4.90 Å². The quantitative estimate of drug-likeness (QED) is 0.833. The largest absolute Gasteiger partial charge is 0.497 e. The molecule has 0 aliphatic carbocycles. The first-order valence-electron chi connectivity index (χ1n) is 8.99. The van der Waals surface area contributed by atoms with Crippen LogP contribution in [0, 0.1) is 0 Å². The second-order valence-corrected chi connectivity index (χ2v) is 6.93. The van der Waals surface area contributed by atoms with Crippen LogP contribution in [-0.2, 0) is 12.0 Å². The molecule has 0 bridgehead atoms. The highest BCUT2D eigenvalue weighted by Gasteiger charge is 2.36. The topological polar surface area (TPSA) is 61.8 Å². The van der Waals surface area contributed by atoms with Crippen LogP contribution in [0.3, 0.4) is 0 Å². The number of methoxy groups -OCH3 is 1. The lowest BCUT2D eigenvalue weighted by molar-refractivity contribution is 0.144. The number of hydrogen-bond donors (Lipinski definition) is 2. The normalized spacial score (nSPS) is 16.8. The average Bonchev–Trinajstić information content (AvgIpc) is 2.69. The van der Waals surface area contributed by atoms with Crippen LogP contribution in [0.25, 0.3) is 0 Å². The van der Waals surface area contributed by atoms with Crippen molar-refractivity contribution in [3.05, 3.63) is 65.7 Å². The van der Waals surface area contributed by atoms with Gasteiger partial charge in [-0.05, 0) is 49.2 Å².